The van der Waals surface area contributed by atoms with Crippen LogP contribution in [-0.2, 0) is 16.0 Å². The lowest BCUT2D eigenvalue weighted by Crippen LogP contribution is -2.22. The Kier molecular flexibility index (Phi) is 6.89. The third-order valence-electron chi connectivity index (χ3n) is 3.60. The van der Waals surface area contributed by atoms with Crippen molar-refractivity contribution >= 4 is 16.5 Å². The number of ether oxygens (including phenoxy) is 2. The number of hydrogen-bond acceptors (Lipinski definition) is 6. The van der Waals surface area contributed by atoms with Gasteiger partial charge in [-0.2, -0.15) is 0 Å². The van der Waals surface area contributed by atoms with Crippen molar-refractivity contribution in [3.8, 4) is 0 Å². The summed E-state index contributed by atoms with van der Waals surface area (Å²) in [6, 6.07) is 0. The summed E-state index contributed by atoms with van der Waals surface area (Å²) < 4.78 is 10.7. The standard InChI is InChI=1S/C15H27N3O2S/c1-12-14(10-16-6-8-19-3)21-15(17-12)18(2)7-9-20-11-13-4-5-13/h13,16H,4-11H2,1-3H3. The number of methoxy groups -OCH3 is 1. The fourth-order valence-corrected chi connectivity index (χ4v) is 2.97. The monoisotopic (exact) mass is 313 g/mol. The maximum Gasteiger partial charge on any atom is 0.185 e. The van der Waals surface area contributed by atoms with E-state index >= 15 is 0 Å². The molecule has 5 nitrogen and oxygen atoms in total. The topological polar surface area (TPSA) is 46.6 Å². The predicted molar refractivity (Wildman–Crippen MR) is 87.2 cm³/mol. The highest BCUT2D eigenvalue weighted by Crippen LogP contribution is 2.29. The van der Waals surface area contributed by atoms with Crippen molar-refractivity contribution in [2.45, 2.75) is 26.3 Å². The van der Waals surface area contributed by atoms with Crippen LogP contribution in [0.25, 0.3) is 0 Å². The van der Waals surface area contributed by atoms with Crippen LogP contribution in [0.15, 0.2) is 0 Å². The van der Waals surface area contributed by atoms with Crippen LogP contribution in [0.2, 0.25) is 0 Å². The zero-order chi connectivity index (χ0) is 15.1. The van der Waals surface area contributed by atoms with Crippen LogP contribution in [0.4, 0.5) is 5.13 Å². The molecule has 120 valence electrons. The van der Waals surface area contributed by atoms with E-state index in [1.54, 1.807) is 18.4 Å². The number of nitrogens with zero attached hydrogens (tertiary/aromatic N) is 2. The number of thiazole rings is 1. The number of aromatic nitrogens is 1. The van der Waals surface area contributed by atoms with Gasteiger partial charge in [0.1, 0.15) is 0 Å². The molecule has 1 aromatic heterocycles. The van der Waals surface area contributed by atoms with Crippen molar-refractivity contribution in [1.82, 2.24) is 10.3 Å². The average Bonchev–Trinajstić information content (AvgIpc) is 3.22. The van der Waals surface area contributed by atoms with Gasteiger partial charge in [0.05, 0.1) is 18.9 Å². The van der Waals surface area contributed by atoms with Gasteiger partial charge in [-0.05, 0) is 25.7 Å². The van der Waals surface area contributed by atoms with Crippen LogP contribution in [-0.4, -0.2) is 52.1 Å². The summed E-state index contributed by atoms with van der Waals surface area (Å²) in [4.78, 5) is 8.14. The van der Waals surface area contributed by atoms with Gasteiger partial charge in [0, 0.05) is 45.3 Å². The molecule has 1 aliphatic rings. The molecule has 0 spiro atoms. The first kappa shape index (κ1) is 16.7. The zero-order valence-electron chi connectivity index (χ0n) is 13.4. The van der Waals surface area contributed by atoms with Crippen molar-refractivity contribution < 1.29 is 9.47 Å². The van der Waals surface area contributed by atoms with Gasteiger partial charge >= 0.3 is 0 Å². The number of nitrogens with one attached hydrogen (secondary N) is 1. The van der Waals surface area contributed by atoms with Crippen LogP contribution >= 0.6 is 11.3 Å². The van der Waals surface area contributed by atoms with E-state index in [0.29, 0.717) is 0 Å². The van der Waals surface area contributed by atoms with Gasteiger partial charge in [-0.15, -0.1) is 11.3 Å². The molecule has 1 aliphatic carbocycles. The summed E-state index contributed by atoms with van der Waals surface area (Å²) in [5, 5.41) is 4.44. The molecule has 2 rings (SSSR count). The Bertz CT molecular complexity index is 421. The van der Waals surface area contributed by atoms with Gasteiger partial charge in [-0.1, -0.05) is 0 Å². The summed E-state index contributed by atoms with van der Waals surface area (Å²) in [7, 11) is 3.80. The van der Waals surface area contributed by atoms with E-state index in [1.807, 2.05) is 0 Å². The molecule has 1 saturated carbocycles. The molecule has 21 heavy (non-hydrogen) atoms. The smallest absolute Gasteiger partial charge is 0.185 e. The van der Waals surface area contributed by atoms with Crippen LogP contribution in [0.1, 0.15) is 23.4 Å². The highest BCUT2D eigenvalue weighted by molar-refractivity contribution is 7.15. The Morgan fingerprint density at radius 1 is 1.38 bits per heavy atom. The Hall–Kier alpha value is -0.690. The van der Waals surface area contributed by atoms with E-state index in [2.05, 4.69) is 29.2 Å². The molecule has 1 N–H and O–H groups in total. The van der Waals surface area contributed by atoms with E-state index in [4.69, 9.17) is 9.47 Å². The first-order chi connectivity index (χ1) is 10.2. The lowest BCUT2D eigenvalue weighted by Gasteiger charge is -2.15. The van der Waals surface area contributed by atoms with E-state index in [0.717, 1.165) is 56.2 Å². The summed E-state index contributed by atoms with van der Waals surface area (Å²) >= 11 is 1.76. The second-order valence-corrected chi connectivity index (χ2v) is 6.68. The lowest BCUT2D eigenvalue weighted by molar-refractivity contribution is 0.131. The quantitative estimate of drug-likeness (QED) is 0.634. The van der Waals surface area contributed by atoms with E-state index in [-0.39, 0.29) is 0 Å². The van der Waals surface area contributed by atoms with Gasteiger partial charge in [0.15, 0.2) is 5.13 Å². The minimum Gasteiger partial charge on any atom is -0.383 e. The molecule has 0 amide bonds. The molecule has 1 fully saturated rings. The summed E-state index contributed by atoms with van der Waals surface area (Å²) in [6.07, 6.45) is 2.70. The first-order valence-electron chi connectivity index (χ1n) is 7.65. The summed E-state index contributed by atoms with van der Waals surface area (Å²) in [5.74, 6) is 0.835. The molecular weight excluding hydrogens is 286 g/mol. The minimum atomic E-state index is 0.739. The number of likely N-dealkylation sites (N-methyl/N-ethyl adjacent to an activating group) is 1. The highest BCUT2D eigenvalue weighted by Gasteiger charge is 2.21. The second kappa shape index (κ2) is 8.68. The third kappa shape index (κ3) is 5.90. The number of rotatable bonds is 11. The molecule has 1 heterocycles. The van der Waals surface area contributed by atoms with Crippen molar-refractivity contribution in [3.63, 3.8) is 0 Å². The van der Waals surface area contributed by atoms with Gasteiger partial charge in [-0.25, -0.2) is 4.98 Å². The SMILES string of the molecule is COCCNCc1sc(N(C)CCOCC2CC2)nc1C. The van der Waals surface area contributed by atoms with E-state index in [9.17, 15) is 0 Å². The molecule has 0 unspecified atom stereocenters. The van der Waals surface area contributed by atoms with Gasteiger partial charge < -0.3 is 19.7 Å². The van der Waals surface area contributed by atoms with Crippen molar-refractivity contribution in [3.05, 3.63) is 10.6 Å². The van der Waals surface area contributed by atoms with E-state index in [1.165, 1.54) is 17.7 Å². The van der Waals surface area contributed by atoms with E-state index < -0.39 is 0 Å². The molecule has 0 atom stereocenters. The summed E-state index contributed by atoms with van der Waals surface area (Å²) in [5.41, 5.74) is 1.12. The number of aryl methyl sites for hydroxylation is 1. The predicted octanol–water partition coefficient (Wildman–Crippen LogP) is 2.05. The van der Waals surface area contributed by atoms with Crippen LogP contribution in [0.5, 0.6) is 0 Å². The molecule has 0 bridgehead atoms. The number of hydrogen-bond donors (Lipinski definition) is 1. The van der Waals surface area contributed by atoms with Gasteiger partial charge in [0.25, 0.3) is 0 Å². The van der Waals surface area contributed by atoms with Crippen LogP contribution in [0, 0.1) is 12.8 Å². The van der Waals surface area contributed by atoms with Crippen LogP contribution < -0.4 is 10.2 Å². The fraction of sp³-hybridized carbons (Fsp3) is 0.800. The summed E-state index contributed by atoms with van der Waals surface area (Å²) in [6.45, 7) is 7.16. The molecule has 0 radical (unpaired) electrons. The van der Waals surface area contributed by atoms with Crippen molar-refractivity contribution in [1.29, 1.82) is 0 Å². The average molecular weight is 313 g/mol. The van der Waals surface area contributed by atoms with Crippen molar-refractivity contribution in [2.24, 2.45) is 5.92 Å². The Morgan fingerprint density at radius 2 is 2.19 bits per heavy atom. The molecule has 6 heteroatoms. The molecule has 0 aromatic carbocycles. The second-order valence-electron chi connectivity index (χ2n) is 5.61. The Labute approximate surface area is 131 Å². The van der Waals surface area contributed by atoms with Gasteiger partial charge in [0.2, 0.25) is 0 Å². The van der Waals surface area contributed by atoms with Gasteiger partial charge in [-0.3, -0.25) is 0 Å². The Balaban J connectivity index is 1.70. The maximum atomic E-state index is 5.69. The minimum absolute atomic E-state index is 0.739. The van der Waals surface area contributed by atoms with Crippen LogP contribution in [0.3, 0.4) is 0 Å². The highest BCUT2D eigenvalue weighted by atomic mass is 32.1. The first-order valence-corrected chi connectivity index (χ1v) is 8.47. The fourth-order valence-electron chi connectivity index (χ4n) is 1.95. The molecular formula is C15H27N3O2S. The largest absolute Gasteiger partial charge is 0.383 e. The lowest BCUT2D eigenvalue weighted by atomic mass is 10.4. The molecule has 1 aromatic rings. The van der Waals surface area contributed by atoms with Crippen molar-refractivity contribution in [2.75, 3.05) is 52.0 Å². The molecule has 0 aliphatic heterocycles. The Morgan fingerprint density at radius 3 is 2.90 bits per heavy atom. The maximum absolute atomic E-state index is 5.69. The zero-order valence-corrected chi connectivity index (χ0v) is 14.2. The third-order valence-corrected chi connectivity index (χ3v) is 4.87. The number of anilines is 1. The normalized spacial score (nSPS) is 14.6. The molecule has 0 saturated heterocycles.